The molecule has 0 radical (unpaired) electrons. The van der Waals surface area contributed by atoms with Gasteiger partial charge in [0.05, 0.1) is 29.1 Å². The lowest BCUT2D eigenvalue weighted by Gasteiger charge is -2.12. The maximum absolute atomic E-state index is 11.8. The fourth-order valence-electron chi connectivity index (χ4n) is 2.28. The van der Waals surface area contributed by atoms with Gasteiger partial charge in [0.1, 0.15) is 11.5 Å². The quantitative estimate of drug-likeness (QED) is 0.731. The number of aromatic amines is 1. The van der Waals surface area contributed by atoms with E-state index in [4.69, 9.17) is 4.74 Å². The van der Waals surface area contributed by atoms with Gasteiger partial charge in [-0.3, -0.25) is 4.79 Å². The first-order chi connectivity index (χ1) is 9.65. The van der Waals surface area contributed by atoms with Crippen molar-refractivity contribution in [1.29, 1.82) is 0 Å². The number of nitrogens with one attached hydrogen (secondary N) is 1. The van der Waals surface area contributed by atoms with Crippen LogP contribution in [0.1, 0.15) is 13.3 Å². The van der Waals surface area contributed by atoms with Gasteiger partial charge in [0.2, 0.25) is 0 Å². The normalized spacial score (nSPS) is 12.9. The lowest BCUT2D eigenvalue weighted by atomic mass is 10.0. The Morgan fingerprint density at radius 3 is 2.90 bits per heavy atom. The fraction of sp³-hybridized carbons (Fsp3) is 0.214. The van der Waals surface area contributed by atoms with Gasteiger partial charge in [-0.25, -0.2) is 0 Å². The molecule has 3 rings (SSSR count). The molecular weight excluding hydrogens is 258 g/mol. The molecule has 102 valence electrons. The van der Waals surface area contributed by atoms with Crippen LogP contribution < -0.4 is 15.6 Å². The molecule has 6 nitrogen and oxygen atoms in total. The topological polar surface area (TPSA) is 88.1 Å². The van der Waals surface area contributed by atoms with Gasteiger partial charge in [-0.2, -0.15) is 0 Å². The highest BCUT2D eigenvalue weighted by atomic mass is 16.5. The Balaban J connectivity index is 2.58. The van der Waals surface area contributed by atoms with Crippen molar-refractivity contribution in [2.45, 2.75) is 13.3 Å². The molecule has 0 aliphatic carbocycles. The molecule has 0 saturated heterocycles. The standard InChI is InChI=1S/C14H13N3O3/c1-3-10(18)8-6-9-12-7(14(19)17-16-9)4-5-11(20-2)13(12)15-8/h4-6,15,18H,3H2,1-2H3. The van der Waals surface area contributed by atoms with Crippen molar-refractivity contribution in [3.05, 3.63) is 33.9 Å². The van der Waals surface area contributed by atoms with Crippen molar-refractivity contribution in [1.82, 2.24) is 15.2 Å². The van der Waals surface area contributed by atoms with E-state index in [-0.39, 0.29) is 11.3 Å². The zero-order valence-electron chi connectivity index (χ0n) is 11.1. The van der Waals surface area contributed by atoms with Crippen molar-refractivity contribution < 1.29 is 9.84 Å². The first-order valence-corrected chi connectivity index (χ1v) is 6.24. The van der Waals surface area contributed by atoms with Gasteiger partial charge in [-0.1, -0.05) is 6.92 Å². The Kier molecular flexibility index (Phi) is 2.78. The summed E-state index contributed by atoms with van der Waals surface area (Å²) in [6.07, 6.45) is 0.486. The van der Waals surface area contributed by atoms with Gasteiger partial charge in [0.25, 0.3) is 5.56 Å². The predicted octanol–water partition coefficient (Wildman–Crippen LogP) is 1.23. The molecule has 1 aromatic rings. The number of aromatic nitrogens is 3. The van der Waals surface area contributed by atoms with E-state index in [0.717, 1.165) is 0 Å². The molecule has 0 unspecified atom stereocenters. The number of ether oxygens (including phenoxy) is 1. The number of aliphatic hydroxyl groups is 1. The van der Waals surface area contributed by atoms with Crippen LogP contribution in [0.4, 0.5) is 0 Å². The van der Waals surface area contributed by atoms with Crippen LogP contribution in [0.2, 0.25) is 0 Å². The minimum absolute atomic E-state index is 0.211. The van der Waals surface area contributed by atoms with E-state index in [9.17, 15) is 9.90 Å². The Morgan fingerprint density at radius 1 is 1.40 bits per heavy atom. The second-order valence-electron chi connectivity index (χ2n) is 4.44. The maximum atomic E-state index is 11.8. The summed E-state index contributed by atoms with van der Waals surface area (Å²) in [6, 6.07) is 5.05. The van der Waals surface area contributed by atoms with E-state index in [1.54, 1.807) is 25.3 Å². The van der Waals surface area contributed by atoms with Crippen LogP contribution in [0.5, 0.6) is 5.75 Å². The van der Waals surface area contributed by atoms with Crippen LogP contribution in [0.3, 0.4) is 0 Å². The van der Waals surface area contributed by atoms with Crippen molar-refractivity contribution >= 4 is 16.7 Å². The zero-order valence-corrected chi connectivity index (χ0v) is 11.1. The number of aliphatic hydroxyl groups excluding tert-OH is 1. The molecule has 0 fully saturated rings. The lowest BCUT2D eigenvalue weighted by Crippen LogP contribution is -2.18. The van der Waals surface area contributed by atoms with Crippen LogP contribution in [-0.2, 0) is 0 Å². The molecule has 0 aromatic heterocycles. The monoisotopic (exact) mass is 271 g/mol. The number of methoxy groups -OCH3 is 1. The van der Waals surface area contributed by atoms with Crippen molar-refractivity contribution in [3.8, 4) is 17.0 Å². The third-order valence-corrected chi connectivity index (χ3v) is 3.31. The van der Waals surface area contributed by atoms with Crippen LogP contribution in [0.15, 0.2) is 23.0 Å². The molecule has 6 heteroatoms. The molecule has 0 saturated carbocycles. The van der Waals surface area contributed by atoms with Crippen molar-refractivity contribution in [2.75, 3.05) is 7.11 Å². The van der Waals surface area contributed by atoms with E-state index in [1.165, 1.54) is 0 Å². The van der Waals surface area contributed by atoms with E-state index in [2.05, 4.69) is 15.2 Å². The molecule has 0 bridgehead atoms. The Labute approximate surface area is 114 Å². The first-order valence-electron chi connectivity index (χ1n) is 6.24. The number of hydrogen-bond donors (Lipinski definition) is 2. The van der Waals surface area contributed by atoms with Crippen LogP contribution >= 0.6 is 0 Å². The summed E-state index contributed by atoms with van der Waals surface area (Å²) in [7, 11) is 1.55. The molecule has 2 heterocycles. The smallest absolute Gasteiger partial charge is 0.296 e. The van der Waals surface area contributed by atoms with E-state index < -0.39 is 0 Å². The highest BCUT2D eigenvalue weighted by Crippen LogP contribution is 2.32. The summed E-state index contributed by atoms with van der Waals surface area (Å²) in [6.45, 7) is 1.84. The van der Waals surface area contributed by atoms with Gasteiger partial charge in [0.15, 0.2) is 0 Å². The summed E-state index contributed by atoms with van der Waals surface area (Å²) in [5, 5.41) is 18.5. The summed E-state index contributed by atoms with van der Waals surface area (Å²) in [5.41, 5.74) is 1.46. The van der Waals surface area contributed by atoms with Gasteiger partial charge in [0, 0.05) is 12.0 Å². The molecule has 0 atom stereocenters. The molecule has 2 N–H and O–H groups in total. The zero-order chi connectivity index (χ0) is 14.3. The van der Waals surface area contributed by atoms with E-state index >= 15 is 0 Å². The van der Waals surface area contributed by atoms with Crippen LogP contribution in [-0.4, -0.2) is 27.4 Å². The van der Waals surface area contributed by atoms with Crippen LogP contribution in [0, 0.1) is 0 Å². The second kappa shape index (κ2) is 4.48. The minimum Gasteiger partial charge on any atom is -0.510 e. The maximum Gasteiger partial charge on any atom is 0.296 e. The molecule has 20 heavy (non-hydrogen) atoms. The number of benzene rings is 1. The Bertz CT molecular complexity index is 869. The van der Waals surface area contributed by atoms with Gasteiger partial charge in [-0.05, 0) is 18.2 Å². The number of hydrogen-bond acceptors (Lipinski definition) is 5. The number of H-pyrrole nitrogens is 1. The molecule has 0 amide bonds. The molecule has 2 aliphatic rings. The fourth-order valence-corrected chi connectivity index (χ4v) is 2.28. The average Bonchev–Trinajstić information content (AvgIpc) is 2.49. The number of pyridine rings is 1. The van der Waals surface area contributed by atoms with Gasteiger partial charge in [-0.15, -0.1) is 10.2 Å². The third kappa shape index (κ3) is 1.69. The van der Waals surface area contributed by atoms with Gasteiger partial charge >= 0.3 is 0 Å². The first kappa shape index (κ1) is 12.4. The summed E-state index contributed by atoms with van der Waals surface area (Å²) in [5.74, 6) is 0.795. The predicted molar refractivity (Wildman–Crippen MR) is 74.9 cm³/mol. The number of rotatable bonds is 2. The summed E-state index contributed by atoms with van der Waals surface area (Å²) in [4.78, 5) is 14.9. The SMILES string of the molecule is CCC(O)=c1cc2nnc(=O)c3ccc(OC)c([nH]1)c3-2. The molecular formula is C14H13N3O3. The van der Waals surface area contributed by atoms with Crippen molar-refractivity contribution in [2.24, 2.45) is 0 Å². The Hall–Kier alpha value is -2.63. The summed E-state index contributed by atoms with van der Waals surface area (Å²) < 4.78 is 5.30. The van der Waals surface area contributed by atoms with E-state index in [0.29, 0.717) is 39.7 Å². The van der Waals surface area contributed by atoms with Crippen molar-refractivity contribution in [3.63, 3.8) is 0 Å². The Morgan fingerprint density at radius 2 is 2.20 bits per heavy atom. The third-order valence-electron chi connectivity index (χ3n) is 3.31. The minimum atomic E-state index is -0.380. The van der Waals surface area contributed by atoms with Crippen LogP contribution in [0.25, 0.3) is 27.9 Å². The number of nitrogens with zero attached hydrogens (tertiary/aromatic N) is 2. The lowest BCUT2D eigenvalue weighted by molar-refractivity contribution is 0.418. The van der Waals surface area contributed by atoms with Gasteiger partial charge < -0.3 is 14.8 Å². The van der Waals surface area contributed by atoms with E-state index in [1.807, 2.05) is 6.92 Å². The molecule has 2 aliphatic heterocycles. The highest BCUT2D eigenvalue weighted by Gasteiger charge is 2.17. The molecule has 1 aromatic carbocycles. The largest absolute Gasteiger partial charge is 0.510 e. The highest BCUT2D eigenvalue weighted by molar-refractivity contribution is 5.96. The average molecular weight is 271 g/mol. The molecule has 0 spiro atoms. The second-order valence-corrected chi connectivity index (χ2v) is 4.44. The summed E-state index contributed by atoms with van der Waals surface area (Å²) >= 11 is 0.